The second kappa shape index (κ2) is 10.8. The molecule has 1 aliphatic heterocycles. The molecule has 12 nitrogen and oxygen atoms in total. The third-order valence-corrected chi connectivity index (χ3v) is 8.64. The Balaban J connectivity index is 1.54. The van der Waals surface area contributed by atoms with Gasteiger partial charge in [-0.1, -0.05) is 0 Å². The molecule has 0 spiro atoms. The molecule has 0 bridgehead atoms. The van der Waals surface area contributed by atoms with E-state index in [2.05, 4.69) is 10.1 Å². The maximum absolute atomic E-state index is 12.2. The number of H-pyrrole nitrogens is 1. The first kappa shape index (κ1) is 26.4. The fourth-order valence-electron chi connectivity index (χ4n) is 3.98. The van der Waals surface area contributed by atoms with Crippen LogP contribution in [0.2, 0.25) is 0 Å². The van der Waals surface area contributed by atoms with Crippen LogP contribution in [-0.2, 0) is 18.8 Å². The van der Waals surface area contributed by atoms with Crippen molar-refractivity contribution in [3.05, 3.63) is 62.7 Å². The predicted octanol–water partition coefficient (Wildman–Crippen LogP) is 1.29. The van der Waals surface area contributed by atoms with E-state index in [0.29, 0.717) is 5.75 Å². The SMILES string of the molecule is COC(=O)[C@H](C)N[PH](O)(OC[C@H]1O[C@@H](n2ccc(=O)[nH]c2=O)[C@@H](C)[C@@H]1O)Oc1cccc2sccc12. The molecule has 3 heterocycles. The van der Waals surface area contributed by atoms with Gasteiger partial charge in [-0.2, -0.15) is 0 Å². The Morgan fingerprint density at radius 3 is 2.83 bits per heavy atom. The van der Waals surface area contributed by atoms with Gasteiger partial charge in [-0.3, -0.25) is 0 Å². The van der Waals surface area contributed by atoms with E-state index >= 15 is 0 Å². The molecule has 4 rings (SSSR count). The molecule has 0 saturated carbocycles. The normalized spacial score (nSPS) is 23.5. The van der Waals surface area contributed by atoms with Gasteiger partial charge in [-0.05, 0) is 0 Å². The molecule has 3 aromatic rings. The monoisotopic (exact) mass is 541 g/mol. The van der Waals surface area contributed by atoms with Crippen LogP contribution in [0, 0.1) is 5.92 Å². The average molecular weight is 542 g/mol. The molecule has 1 saturated heterocycles. The summed E-state index contributed by atoms with van der Waals surface area (Å²) >= 11 is 1.50. The Morgan fingerprint density at radius 2 is 2.11 bits per heavy atom. The molecule has 1 fully saturated rings. The van der Waals surface area contributed by atoms with E-state index in [1.54, 1.807) is 19.1 Å². The fourth-order valence-corrected chi connectivity index (χ4v) is 6.52. The number of esters is 1. The number of hydrogen-bond acceptors (Lipinski definition) is 11. The Hall–Kier alpha value is -2.64. The van der Waals surface area contributed by atoms with Crippen molar-refractivity contribution in [3.8, 4) is 5.75 Å². The van der Waals surface area contributed by atoms with Gasteiger partial charge < -0.3 is 0 Å². The number of thiophene rings is 1. The summed E-state index contributed by atoms with van der Waals surface area (Å²) in [6.45, 7) is 2.86. The number of carbonyl (C=O) groups is 1. The van der Waals surface area contributed by atoms with Crippen LogP contribution < -0.4 is 20.9 Å². The van der Waals surface area contributed by atoms with Gasteiger partial charge in [-0.25, -0.2) is 0 Å². The summed E-state index contributed by atoms with van der Waals surface area (Å²) in [7, 11) is -3.09. The van der Waals surface area contributed by atoms with Gasteiger partial charge in [0.05, 0.1) is 0 Å². The molecule has 36 heavy (non-hydrogen) atoms. The molecule has 1 aliphatic rings. The van der Waals surface area contributed by atoms with E-state index in [1.165, 1.54) is 42.2 Å². The van der Waals surface area contributed by atoms with E-state index in [4.69, 9.17) is 18.5 Å². The zero-order valence-corrected chi connectivity index (χ0v) is 21.6. The molecule has 196 valence electrons. The number of aliphatic hydroxyl groups excluding tert-OH is 1. The van der Waals surface area contributed by atoms with Crippen molar-refractivity contribution < 1.29 is 33.3 Å². The number of nitrogens with zero attached hydrogens (tertiary/aromatic N) is 1. The molecule has 0 aliphatic carbocycles. The summed E-state index contributed by atoms with van der Waals surface area (Å²) in [6, 6.07) is 7.39. The molecule has 14 heteroatoms. The van der Waals surface area contributed by atoms with Crippen molar-refractivity contribution in [2.24, 2.45) is 5.92 Å². The number of aromatic nitrogens is 2. The third-order valence-electron chi connectivity index (χ3n) is 5.91. The third kappa shape index (κ3) is 5.52. The zero-order valence-electron chi connectivity index (χ0n) is 19.7. The van der Waals surface area contributed by atoms with Crippen LogP contribution in [0.1, 0.15) is 20.1 Å². The van der Waals surface area contributed by atoms with E-state index in [1.807, 2.05) is 17.5 Å². The first-order chi connectivity index (χ1) is 17.1. The quantitative estimate of drug-likeness (QED) is 0.230. The second-order valence-corrected chi connectivity index (χ2v) is 11.3. The van der Waals surface area contributed by atoms with Crippen LogP contribution in [-0.4, -0.2) is 57.5 Å². The van der Waals surface area contributed by atoms with Crippen LogP contribution in [0.3, 0.4) is 0 Å². The van der Waals surface area contributed by atoms with Gasteiger partial charge in [0.15, 0.2) is 0 Å². The molecular weight excluding hydrogens is 513 g/mol. The molecule has 5 atom stereocenters. The van der Waals surface area contributed by atoms with Crippen molar-refractivity contribution in [1.29, 1.82) is 0 Å². The summed E-state index contributed by atoms with van der Waals surface area (Å²) in [6.07, 6.45) is -1.60. The number of carbonyl (C=O) groups excluding carboxylic acids is 1. The summed E-state index contributed by atoms with van der Waals surface area (Å²) < 4.78 is 24.4. The molecule has 0 unspecified atom stereocenters. The number of methoxy groups -OCH3 is 1. The van der Waals surface area contributed by atoms with Gasteiger partial charge >= 0.3 is 210 Å². The van der Waals surface area contributed by atoms with Crippen LogP contribution >= 0.6 is 19.4 Å². The van der Waals surface area contributed by atoms with E-state index in [-0.39, 0.29) is 6.61 Å². The number of benzene rings is 1. The number of aliphatic hydroxyl groups is 1. The summed E-state index contributed by atoms with van der Waals surface area (Å²) in [4.78, 5) is 49.2. The van der Waals surface area contributed by atoms with Gasteiger partial charge in [0.25, 0.3) is 0 Å². The van der Waals surface area contributed by atoms with Gasteiger partial charge in [-0.15, -0.1) is 0 Å². The molecule has 4 N–H and O–H groups in total. The van der Waals surface area contributed by atoms with Crippen LogP contribution in [0.4, 0.5) is 0 Å². The van der Waals surface area contributed by atoms with Gasteiger partial charge in [0.2, 0.25) is 0 Å². The van der Waals surface area contributed by atoms with Crippen LogP contribution in [0.15, 0.2) is 51.5 Å². The average Bonchev–Trinajstić information content (AvgIpc) is 3.43. The zero-order chi connectivity index (χ0) is 26.0. The number of nitrogens with one attached hydrogen (secondary N) is 2. The Bertz CT molecular complexity index is 1340. The van der Waals surface area contributed by atoms with Crippen LogP contribution in [0.25, 0.3) is 10.1 Å². The van der Waals surface area contributed by atoms with E-state index in [9.17, 15) is 24.4 Å². The number of ether oxygens (including phenoxy) is 2. The molecule has 0 radical (unpaired) electrons. The maximum atomic E-state index is 12.2. The number of fused-ring (bicyclic) bond motifs is 1. The second-order valence-electron chi connectivity index (χ2n) is 8.40. The standard InChI is InChI=1S/C22H28N3O9PS/c1-12-19(27)16(33-20(12)25-9-7-18(26)23-22(25)29)11-32-35(30,24-13(2)21(28)31-3)34-15-5-4-6-17-14(15)8-10-36-17/h4-10,12-13,16,19-20,24,27,30,35H,11H2,1-3H3,(H,23,26,29)/t12-,13-,16+,19-,20+/m0/s1. The molecular formula is C22H28N3O9PS. The van der Waals surface area contributed by atoms with Crippen LogP contribution in [0.5, 0.6) is 5.75 Å². The van der Waals surface area contributed by atoms with Gasteiger partial charge in [0, 0.05) is 0 Å². The van der Waals surface area contributed by atoms with Crippen molar-refractivity contribution >= 4 is 35.5 Å². The Kier molecular flexibility index (Phi) is 7.90. The number of hydrogen-bond donors (Lipinski definition) is 4. The molecule has 2 aromatic heterocycles. The first-order valence-corrected chi connectivity index (χ1v) is 13.8. The minimum atomic E-state index is -4.32. The molecule has 1 aromatic carbocycles. The number of rotatable bonds is 9. The van der Waals surface area contributed by atoms with E-state index in [0.717, 1.165) is 10.1 Å². The summed E-state index contributed by atoms with van der Waals surface area (Å²) in [5.41, 5.74) is -1.23. The van der Waals surface area contributed by atoms with E-state index < -0.39 is 55.7 Å². The Labute approximate surface area is 210 Å². The minimum absolute atomic E-state index is 0.316. The summed E-state index contributed by atoms with van der Waals surface area (Å²) in [5.74, 6) is -0.823. The topological polar surface area (TPSA) is 161 Å². The summed E-state index contributed by atoms with van der Waals surface area (Å²) in [5, 5.41) is 16.1. The fraction of sp³-hybridized carbons (Fsp3) is 0.409. The first-order valence-electron chi connectivity index (χ1n) is 11.1. The Morgan fingerprint density at radius 1 is 1.33 bits per heavy atom. The molecule has 0 amide bonds. The van der Waals surface area contributed by atoms with Crippen molar-refractivity contribution in [2.45, 2.75) is 38.3 Å². The van der Waals surface area contributed by atoms with Crippen molar-refractivity contribution in [2.75, 3.05) is 13.7 Å². The number of aromatic amines is 1. The predicted molar refractivity (Wildman–Crippen MR) is 134 cm³/mol. The van der Waals surface area contributed by atoms with Crippen molar-refractivity contribution in [1.82, 2.24) is 14.6 Å². The van der Waals surface area contributed by atoms with Gasteiger partial charge in [0.1, 0.15) is 0 Å². The van der Waals surface area contributed by atoms with Crippen molar-refractivity contribution in [3.63, 3.8) is 0 Å².